The summed E-state index contributed by atoms with van der Waals surface area (Å²) in [7, 11) is 2.00. The van der Waals surface area contributed by atoms with Crippen LogP contribution >= 0.6 is 0 Å². The molecule has 1 aromatic carbocycles. The fourth-order valence-corrected chi connectivity index (χ4v) is 1.82. The van der Waals surface area contributed by atoms with E-state index in [1.54, 1.807) is 0 Å². The standard InChI is InChI=1S/C13H17N3/c1-10-9-15-13(16(10)2)12(14)8-11-6-4-3-5-7-11/h3-7,9,12H,8,14H2,1-2H3/t12-/m1/s1. The first-order chi connectivity index (χ1) is 7.68. The van der Waals surface area contributed by atoms with Gasteiger partial charge in [0.05, 0.1) is 6.04 Å². The summed E-state index contributed by atoms with van der Waals surface area (Å²) in [5.41, 5.74) is 8.54. The van der Waals surface area contributed by atoms with E-state index in [4.69, 9.17) is 5.73 Å². The molecule has 2 N–H and O–H groups in total. The summed E-state index contributed by atoms with van der Waals surface area (Å²) in [5.74, 6) is 0.946. The Kier molecular flexibility index (Phi) is 3.06. The van der Waals surface area contributed by atoms with Gasteiger partial charge in [-0.15, -0.1) is 0 Å². The van der Waals surface area contributed by atoms with E-state index in [1.165, 1.54) is 5.56 Å². The lowest BCUT2D eigenvalue weighted by atomic mass is 10.1. The molecule has 0 saturated heterocycles. The molecular weight excluding hydrogens is 198 g/mol. The molecule has 0 radical (unpaired) electrons. The van der Waals surface area contributed by atoms with Gasteiger partial charge in [0.2, 0.25) is 0 Å². The van der Waals surface area contributed by atoms with Crippen molar-refractivity contribution in [2.24, 2.45) is 12.8 Å². The third kappa shape index (κ3) is 2.14. The van der Waals surface area contributed by atoms with Crippen LogP contribution in [0.2, 0.25) is 0 Å². The molecule has 0 spiro atoms. The Morgan fingerprint density at radius 3 is 2.56 bits per heavy atom. The quantitative estimate of drug-likeness (QED) is 0.850. The van der Waals surface area contributed by atoms with Crippen molar-refractivity contribution in [2.45, 2.75) is 19.4 Å². The Bertz CT molecular complexity index is 459. The van der Waals surface area contributed by atoms with Gasteiger partial charge in [-0.05, 0) is 18.9 Å². The van der Waals surface area contributed by atoms with Crippen molar-refractivity contribution in [3.8, 4) is 0 Å². The Labute approximate surface area is 95.9 Å². The van der Waals surface area contributed by atoms with E-state index in [0.717, 1.165) is 17.9 Å². The van der Waals surface area contributed by atoms with Crippen LogP contribution in [-0.4, -0.2) is 9.55 Å². The first-order valence-corrected chi connectivity index (χ1v) is 5.46. The highest BCUT2D eigenvalue weighted by atomic mass is 15.1. The molecule has 1 aromatic heterocycles. The summed E-state index contributed by atoms with van der Waals surface area (Å²) in [6, 6.07) is 10.2. The highest BCUT2D eigenvalue weighted by Crippen LogP contribution is 2.15. The number of nitrogens with two attached hydrogens (primary N) is 1. The van der Waals surface area contributed by atoms with Crippen molar-refractivity contribution in [3.63, 3.8) is 0 Å². The van der Waals surface area contributed by atoms with Gasteiger partial charge in [-0.2, -0.15) is 0 Å². The second-order valence-corrected chi connectivity index (χ2v) is 4.11. The third-order valence-corrected chi connectivity index (χ3v) is 2.89. The summed E-state index contributed by atoms with van der Waals surface area (Å²) in [6.45, 7) is 2.03. The number of hydrogen-bond acceptors (Lipinski definition) is 2. The number of aromatic nitrogens is 2. The van der Waals surface area contributed by atoms with Crippen LogP contribution in [0.15, 0.2) is 36.5 Å². The molecule has 84 valence electrons. The lowest BCUT2D eigenvalue weighted by molar-refractivity contribution is 0.627. The number of aryl methyl sites for hydroxylation is 1. The number of nitrogens with zero attached hydrogens (tertiary/aromatic N) is 2. The molecule has 0 aliphatic rings. The van der Waals surface area contributed by atoms with E-state index >= 15 is 0 Å². The summed E-state index contributed by atoms with van der Waals surface area (Å²) in [6.07, 6.45) is 2.69. The van der Waals surface area contributed by atoms with Gasteiger partial charge in [0.25, 0.3) is 0 Å². The average Bonchev–Trinajstić information content (AvgIpc) is 2.61. The Balaban J connectivity index is 2.15. The van der Waals surface area contributed by atoms with E-state index in [0.29, 0.717) is 0 Å². The van der Waals surface area contributed by atoms with Crippen molar-refractivity contribution in [1.29, 1.82) is 0 Å². The Morgan fingerprint density at radius 2 is 2.00 bits per heavy atom. The van der Waals surface area contributed by atoms with Crippen LogP contribution in [0.25, 0.3) is 0 Å². The predicted molar refractivity (Wildman–Crippen MR) is 65.0 cm³/mol. The van der Waals surface area contributed by atoms with Crippen LogP contribution in [0, 0.1) is 6.92 Å². The first-order valence-electron chi connectivity index (χ1n) is 5.46. The van der Waals surface area contributed by atoms with Gasteiger partial charge in [-0.3, -0.25) is 0 Å². The molecule has 0 unspecified atom stereocenters. The smallest absolute Gasteiger partial charge is 0.125 e. The van der Waals surface area contributed by atoms with Gasteiger partial charge in [-0.1, -0.05) is 30.3 Å². The largest absolute Gasteiger partial charge is 0.334 e. The minimum Gasteiger partial charge on any atom is -0.334 e. The molecule has 1 heterocycles. The lowest BCUT2D eigenvalue weighted by Gasteiger charge is -2.12. The zero-order valence-electron chi connectivity index (χ0n) is 9.72. The molecule has 16 heavy (non-hydrogen) atoms. The normalized spacial score (nSPS) is 12.7. The topological polar surface area (TPSA) is 43.8 Å². The Morgan fingerprint density at radius 1 is 1.31 bits per heavy atom. The Hall–Kier alpha value is -1.61. The highest BCUT2D eigenvalue weighted by Gasteiger charge is 2.12. The van der Waals surface area contributed by atoms with E-state index in [2.05, 4.69) is 17.1 Å². The van der Waals surface area contributed by atoms with Crippen molar-refractivity contribution < 1.29 is 0 Å². The maximum Gasteiger partial charge on any atom is 0.125 e. The fourth-order valence-electron chi connectivity index (χ4n) is 1.82. The molecule has 0 aliphatic heterocycles. The van der Waals surface area contributed by atoms with Crippen LogP contribution in [0.1, 0.15) is 23.1 Å². The number of rotatable bonds is 3. The van der Waals surface area contributed by atoms with Gasteiger partial charge in [0.15, 0.2) is 0 Å². The lowest BCUT2D eigenvalue weighted by Crippen LogP contribution is -2.18. The minimum absolute atomic E-state index is 0.0406. The number of benzene rings is 1. The third-order valence-electron chi connectivity index (χ3n) is 2.89. The van der Waals surface area contributed by atoms with Crippen LogP contribution in [0.3, 0.4) is 0 Å². The molecule has 2 aromatic rings. The summed E-state index contributed by atoms with van der Waals surface area (Å²) in [4.78, 5) is 4.35. The average molecular weight is 215 g/mol. The fraction of sp³-hybridized carbons (Fsp3) is 0.308. The second-order valence-electron chi connectivity index (χ2n) is 4.11. The predicted octanol–water partition coefficient (Wildman–Crippen LogP) is 1.97. The van der Waals surface area contributed by atoms with Crippen molar-refractivity contribution >= 4 is 0 Å². The van der Waals surface area contributed by atoms with Crippen LogP contribution in [-0.2, 0) is 13.5 Å². The SMILES string of the molecule is Cc1cnc([C@H](N)Cc2ccccc2)n1C. The van der Waals surface area contributed by atoms with Gasteiger partial charge in [-0.25, -0.2) is 4.98 Å². The van der Waals surface area contributed by atoms with E-state index in [9.17, 15) is 0 Å². The van der Waals surface area contributed by atoms with E-state index in [-0.39, 0.29) is 6.04 Å². The molecule has 3 heteroatoms. The molecule has 0 fully saturated rings. The minimum atomic E-state index is -0.0406. The van der Waals surface area contributed by atoms with Gasteiger partial charge in [0, 0.05) is 18.9 Å². The highest BCUT2D eigenvalue weighted by molar-refractivity contribution is 5.18. The van der Waals surface area contributed by atoms with Crippen LogP contribution in [0.5, 0.6) is 0 Å². The second kappa shape index (κ2) is 4.49. The van der Waals surface area contributed by atoms with E-state index in [1.807, 2.05) is 42.9 Å². The zero-order chi connectivity index (χ0) is 11.5. The molecule has 1 atom stereocenters. The molecule has 0 saturated carbocycles. The van der Waals surface area contributed by atoms with Crippen molar-refractivity contribution in [1.82, 2.24) is 9.55 Å². The zero-order valence-corrected chi connectivity index (χ0v) is 9.72. The summed E-state index contributed by atoms with van der Waals surface area (Å²) in [5, 5.41) is 0. The summed E-state index contributed by atoms with van der Waals surface area (Å²) < 4.78 is 2.05. The molecule has 3 nitrogen and oxygen atoms in total. The monoisotopic (exact) mass is 215 g/mol. The molecule has 0 amide bonds. The van der Waals surface area contributed by atoms with Crippen LogP contribution in [0.4, 0.5) is 0 Å². The van der Waals surface area contributed by atoms with Gasteiger partial charge < -0.3 is 10.3 Å². The van der Waals surface area contributed by atoms with Gasteiger partial charge in [0.1, 0.15) is 5.82 Å². The number of imidazole rings is 1. The molecule has 0 bridgehead atoms. The van der Waals surface area contributed by atoms with Crippen molar-refractivity contribution in [3.05, 3.63) is 53.6 Å². The van der Waals surface area contributed by atoms with Crippen molar-refractivity contribution in [2.75, 3.05) is 0 Å². The van der Waals surface area contributed by atoms with Gasteiger partial charge >= 0.3 is 0 Å². The molecular formula is C13H17N3. The maximum absolute atomic E-state index is 6.16. The maximum atomic E-state index is 6.16. The van der Waals surface area contributed by atoms with E-state index < -0.39 is 0 Å². The molecule has 0 aliphatic carbocycles. The van der Waals surface area contributed by atoms with Crippen LogP contribution < -0.4 is 5.73 Å². The first kappa shape index (κ1) is 10.9. The summed E-state index contributed by atoms with van der Waals surface area (Å²) >= 11 is 0. The molecule has 2 rings (SSSR count). The number of hydrogen-bond donors (Lipinski definition) is 1.